The minimum absolute atomic E-state index is 0.155. The molecule has 1 fully saturated rings. The summed E-state index contributed by atoms with van der Waals surface area (Å²) >= 11 is 0. The number of allylic oxidation sites excluding steroid dienone is 6. The van der Waals surface area contributed by atoms with Gasteiger partial charge in [0.15, 0.2) is 11.6 Å². The molecule has 182 valence electrons. The fourth-order valence-corrected chi connectivity index (χ4v) is 6.58. The van der Waals surface area contributed by atoms with E-state index in [9.17, 15) is 24.3 Å². The lowest BCUT2D eigenvalue weighted by atomic mass is 9.59. The number of aromatic hydroxyl groups is 1. The molecule has 35 heavy (non-hydrogen) atoms. The van der Waals surface area contributed by atoms with Crippen molar-refractivity contribution < 1.29 is 24.3 Å². The van der Waals surface area contributed by atoms with Gasteiger partial charge in [0.2, 0.25) is 11.8 Å². The van der Waals surface area contributed by atoms with Gasteiger partial charge in [-0.3, -0.25) is 24.1 Å². The number of hydrogen-bond donors (Lipinski definition) is 1. The van der Waals surface area contributed by atoms with E-state index in [1.54, 1.807) is 6.92 Å². The number of aryl methyl sites for hydroxylation is 2. The summed E-state index contributed by atoms with van der Waals surface area (Å²) in [5.41, 5.74) is 3.81. The number of carbonyl (C=O) groups excluding carboxylic acids is 4. The predicted octanol–water partition coefficient (Wildman–Crippen LogP) is 4.24. The smallest absolute Gasteiger partial charge is 0.234 e. The maximum absolute atomic E-state index is 13.7. The van der Waals surface area contributed by atoms with Crippen LogP contribution in [0.3, 0.4) is 0 Å². The van der Waals surface area contributed by atoms with Crippen LogP contribution in [0.5, 0.6) is 5.75 Å². The van der Waals surface area contributed by atoms with Crippen molar-refractivity contribution in [1.82, 2.24) is 4.90 Å². The summed E-state index contributed by atoms with van der Waals surface area (Å²) in [4.78, 5) is 55.0. The number of phenolic OH excluding ortho intramolecular Hbond substituents is 1. The van der Waals surface area contributed by atoms with Gasteiger partial charge in [0.05, 0.1) is 11.8 Å². The number of Topliss-reactive ketones (excluding diaryl/α,β-unsaturated/α-hetero) is 1. The minimum atomic E-state index is -0.634. The quantitative estimate of drug-likeness (QED) is 0.374. The van der Waals surface area contributed by atoms with Crippen LogP contribution < -0.4 is 0 Å². The van der Waals surface area contributed by atoms with Crippen molar-refractivity contribution in [2.24, 2.45) is 17.8 Å². The Balaban J connectivity index is 1.71. The lowest BCUT2D eigenvalue weighted by Gasteiger charge is -2.42. The van der Waals surface area contributed by atoms with E-state index in [4.69, 9.17) is 0 Å². The molecule has 6 nitrogen and oxygen atoms in total. The topological polar surface area (TPSA) is 91.8 Å². The molecule has 2 amide bonds. The third-order valence-corrected chi connectivity index (χ3v) is 8.08. The largest absolute Gasteiger partial charge is 0.507 e. The molecule has 0 radical (unpaired) electrons. The van der Waals surface area contributed by atoms with Gasteiger partial charge >= 0.3 is 0 Å². The van der Waals surface area contributed by atoms with Crippen molar-refractivity contribution >= 4 is 23.4 Å². The van der Waals surface area contributed by atoms with Crippen LogP contribution in [0.1, 0.15) is 63.1 Å². The number of benzene rings is 1. The van der Waals surface area contributed by atoms with Crippen molar-refractivity contribution in [3.8, 4) is 5.75 Å². The molecule has 4 aliphatic rings. The van der Waals surface area contributed by atoms with E-state index in [0.29, 0.717) is 34.3 Å². The molecule has 1 heterocycles. The molecule has 5 rings (SSSR count). The van der Waals surface area contributed by atoms with E-state index in [1.807, 2.05) is 52.8 Å². The van der Waals surface area contributed by atoms with Crippen molar-refractivity contribution in [3.05, 3.63) is 63.3 Å². The van der Waals surface area contributed by atoms with E-state index < -0.39 is 23.3 Å². The molecule has 0 bridgehead atoms. The fraction of sp³-hybridized carbons (Fsp3) is 0.448. The summed E-state index contributed by atoms with van der Waals surface area (Å²) in [5, 5.41) is 10.4. The lowest BCUT2D eigenvalue weighted by Crippen LogP contribution is -2.46. The molecule has 1 saturated heterocycles. The van der Waals surface area contributed by atoms with Gasteiger partial charge in [-0.1, -0.05) is 23.8 Å². The van der Waals surface area contributed by atoms with Crippen LogP contribution >= 0.6 is 0 Å². The molecule has 1 aliphatic heterocycles. The third-order valence-electron chi connectivity index (χ3n) is 8.08. The number of carbonyl (C=O) groups is 4. The molecule has 0 unspecified atom stereocenters. The monoisotopic (exact) mass is 473 g/mol. The highest BCUT2D eigenvalue weighted by atomic mass is 16.3. The zero-order chi connectivity index (χ0) is 25.6. The summed E-state index contributed by atoms with van der Waals surface area (Å²) < 4.78 is 0. The van der Waals surface area contributed by atoms with Crippen LogP contribution in [0.2, 0.25) is 0 Å². The van der Waals surface area contributed by atoms with Gasteiger partial charge in [0.25, 0.3) is 0 Å². The molecule has 6 heteroatoms. The van der Waals surface area contributed by atoms with Gasteiger partial charge in [0, 0.05) is 28.2 Å². The first-order valence-electron chi connectivity index (χ1n) is 12.2. The molecule has 1 N–H and O–H groups in total. The van der Waals surface area contributed by atoms with Gasteiger partial charge in [-0.15, -0.1) is 0 Å². The van der Waals surface area contributed by atoms with Crippen molar-refractivity contribution in [2.75, 3.05) is 0 Å². The van der Waals surface area contributed by atoms with Gasteiger partial charge in [-0.25, -0.2) is 0 Å². The average molecular weight is 474 g/mol. The summed E-state index contributed by atoms with van der Waals surface area (Å²) in [6.45, 7) is 10.8. The molecule has 4 atom stereocenters. The summed E-state index contributed by atoms with van der Waals surface area (Å²) in [6, 6.07) is 3.72. The number of nitrogens with zero attached hydrogens (tertiary/aromatic N) is 1. The first-order valence-corrected chi connectivity index (χ1v) is 12.2. The normalized spacial score (nSPS) is 28.6. The van der Waals surface area contributed by atoms with Crippen LogP contribution in [0, 0.1) is 31.6 Å². The van der Waals surface area contributed by atoms with E-state index in [-0.39, 0.29) is 41.5 Å². The van der Waals surface area contributed by atoms with Crippen LogP contribution in [-0.2, 0) is 19.2 Å². The molecule has 0 spiro atoms. The summed E-state index contributed by atoms with van der Waals surface area (Å²) in [6.07, 6.45) is 4.14. The first kappa shape index (κ1) is 23.5. The van der Waals surface area contributed by atoms with Crippen molar-refractivity contribution in [1.29, 1.82) is 0 Å². The Morgan fingerprint density at radius 3 is 2.17 bits per heavy atom. The number of amides is 2. The molecular formula is C29H31NO5. The highest BCUT2D eigenvalue weighted by Crippen LogP contribution is 2.55. The molecule has 1 aromatic rings. The second-order valence-electron chi connectivity index (χ2n) is 11.4. The first-order chi connectivity index (χ1) is 16.3. The van der Waals surface area contributed by atoms with Crippen molar-refractivity contribution in [3.63, 3.8) is 0 Å². The highest BCUT2D eigenvalue weighted by molar-refractivity contribution is 6.23. The van der Waals surface area contributed by atoms with Crippen LogP contribution in [0.4, 0.5) is 0 Å². The molecular weight excluding hydrogens is 442 g/mol. The maximum Gasteiger partial charge on any atom is 0.234 e. The van der Waals surface area contributed by atoms with E-state index in [0.717, 1.165) is 11.1 Å². The van der Waals surface area contributed by atoms with E-state index in [2.05, 4.69) is 0 Å². The summed E-state index contributed by atoms with van der Waals surface area (Å²) in [5.74, 6) is -2.32. The lowest BCUT2D eigenvalue weighted by molar-refractivity contribution is -0.145. The Labute approximate surface area is 205 Å². The number of phenols is 1. The number of likely N-dealkylation sites (tertiary alicyclic amines) is 1. The summed E-state index contributed by atoms with van der Waals surface area (Å²) in [7, 11) is 0. The Morgan fingerprint density at radius 2 is 1.57 bits per heavy atom. The second-order valence-corrected chi connectivity index (χ2v) is 11.4. The molecule has 0 aromatic heterocycles. The number of fused-ring (bicyclic) bond motifs is 3. The zero-order valence-electron chi connectivity index (χ0n) is 21.1. The van der Waals surface area contributed by atoms with Gasteiger partial charge in [-0.05, 0) is 83.1 Å². The number of imide groups is 1. The van der Waals surface area contributed by atoms with E-state index >= 15 is 0 Å². The second kappa shape index (κ2) is 7.61. The zero-order valence-corrected chi connectivity index (χ0v) is 21.1. The number of ketones is 2. The number of rotatable bonds is 1. The third kappa shape index (κ3) is 3.29. The van der Waals surface area contributed by atoms with Crippen LogP contribution in [-0.4, -0.2) is 38.9 Å². The highest BCUT2D eigenvalue weighted by Gasteiger charge is 2.58. The van der Waals surface area contributed by atoms with Gasteiger partial charge in [-0.2, -0.15) is 0 Å². The fourth-order valence-electron chi connectivity index (χ4n) is 6.58. The van der Waals surface area contributed by atoms with Crippen LogP contribution in [0.25, 0.3) is 0 Å². The Hall–Kier alpha value is -3.28. The van der Waals surface area contributed by atoms with Gasteiger partial charge in [0.1, 0.15) is 5.75 Å². The molecule has 0 saturated carbocycles. The Morgan fingerprint density at radius 1 is 0.943 bits per heavy atom. The van der Waals surface area contributed by atoms with E-state index in [1.165, 1.54) is 11.0 Å². The van der Waals surface area contributed by atoms with Crippen molar-refractivity contribution in [2.45, 2.75) is 65.8 Å². The SMILES string of the molecule is CC1=CC(=O)C2=C(C[C@@H]3C(=CC[C@@H]4C(=O)N(C(C)(C)C)C(=O)[C@@H]43)[C@@H]2c2cc(C)c(O)c(C)c2)C1=O. The van der Waals surface area contributed by atoms with Gasteiger partial charge < -0.3 is 5.11 Å². The standard InChI is InChI=1S/C29H31NO5/c1-13-9-16(10-14(2)25(13)32)22-17-7-8-18-23(28(35)30(27(18)34)29(4,5)6)19(17)12-20-24(22)21(31)11-15(3)26(20)33/h7,9-11,18-19,22-23,32H,8,12H2,1-6H3/t18-,19+,22-,23-/m0/s1. The maximum atomic E-state index is 13.7. The average Bonchev–Trinajstić information content (AvgIpc) is 3.04. The Kier molecular flexibility index (Phi) is 5.10. The predicted molar refractivity (Wildman–Crippen MR) is 131 cm³/mol. The number of hydrogen-bond acceptors (Lipinski definition) is 5. The minimum Gasteiger partial charge on any atom is -0.507 e. The van der Waals surface area contributed by atoms with Crippen LogP contribution in [0.15, 0.2) is 46.6 Å². The molecule has 1 aromatic carbocycles. The Bertz CT molecular complexity index is 1300. The molecule has 3 aliphatic carbocycles.